The van der Waals surface area contributed by atoms with Crippen molar-refractivity contribution in [2.75, 3.05) is 0 Å². The van der Waals surface area contributed by atoms with Gasteiger partial charge in [-0.1, -0.05) is 18.2 Å². The lowest BCUT2D eigenvalue weighted by Crippen LogP contribution is -2.14. The summed E-state index contributed by atoms with van der Waals surface area (Å²) in [5, 5.41) is 0. The highest BCUT2D eigenvalue weighted by molar-refractivity contribution is 5.82. The van der Waals surface area contributed by atoms with E-state index in [1.165, 1.54) is 24.3 Å². The molecule has 0 heterocycles. The fourth-order valence-corrected chi connectivity index (χ4v) is 1.85. The van der Waals surface area contributed by atoms with Crippen LogP contribution >= 0.6 is 0 Å². The molecule has 23 heavy (non-hydrogen) atoms. The molecule has 0 spiro atoms. The zero-order chi connectivity index (χ0) is 17.3. The van der Waals surface area contributed by atoms with Crippen molar-refractivity contribution in [1.29, 1.82) is 0 Å². The minimum absolute atomic E-state index is 0.00282. The van der Waals surface area contributed by atoms with Crippen LogP contribution in [0.15, 0.2) is 42.5 Å². The average Bonchev–Trinajstić information content (AvgIpc) is 2.45. The lowest BCUT2D eigenvalue weighted by molar-refractivity contribution is -0.143. The minimum Gasteiger partial charge on any atom is -0.457 e. The number of carbonyl (C=O) groups is 1. The van der Waals surface area contributed by atoms with E-state index in [1.54, 1.807) is 6.07 Å². The van der Waals surface area contributed by atoms with Gasteiger partial charge in [-0.15, -0.1) is 0 Å². The fourth-order valence-electron chi connectivity index (χ4n) is 1.85. The zero-order valence-electron chi connectivity index (χ0n) is 11.2. The Morgan fingerprint density at radius 1 is 0.870 bits per heavy atom. The molecule has 8 heteroatoms. The summed E-state index contributed by atoms with van der Waals surface area (Å²) in [6.07, 6.45) is -10.3. The number of hydrogen-bond donors (Lipinski definition) is 0. The van der Waals surface area contributed by atoms with E-state index in [-0.39, 0.29) is 18.1 Å². The first-order valence-corrected chi connectivity index (χ1v) is 6.13. The Labute approximate surface area is 126 Å². The van der Waals surface area contributed by atoms with Crippen LogP contribution in [-0.2, 0) is 12.4 Å². The van der Waals surface area contributed by atoms with E-state index in [9.17, 15) is 31.1 Å². The van der Waals surface area contributed by atoms with Crippen LogP contribution in [0.4, 0.5) is 26.3 Å². The van der Waals surface area contributed by atoms with Gasteiger partial charge in [0, 0.05) is 0 Å². The number of halogens is 6. The van der Waals surface area contributed by atoms with Gasteiger partial charge in [0.2, 0.25) is 0 Å². The van der Waals surface area contributed by atoms with E-state index in [1.807, 2.05) is 0 Å². The topological polar surface area (TPSA) is 26.3 Å². The van der Waals surface area contributed by atoms with Crippen molar-refractivity contribution in [2.24, 2.45) is 0 Å². The third-order valence-corrected chi connectivity index (χ3v) is 2.86. The molecule has 2 aromatic carbocycles. The van der Waals surface area contributed by atoms with E-state index in [4.69, 9.17) is 4.74 Å². The van der Waals surface area contributed by atoms with Crippen LogP contribution in [0.25, 0.3) is 0 Å². The summed E-state index contributed by atoms with van der Waals surface area (Å²) in [5.74, 6) is -0.809. The van der Waals surface area contributed by atoms with Crippen LogP contribution in [0.2, 0.25) is 0 Å². The third kappa shape index (κ3) is 3.82. The predicted octanol–water partition coefficient (Wildman–Crippen LogP) is 5.33. The fraction of sp³-hybridized carbons (Fsp3) is 0.133. The second kappa shape index (κ2) is 5.94. The number of alkyl halides is 6. The number of para-hydroxylation sites is 1. The van der Waals surface area contributed by atoms with Crippen LogP contribution in [0.5, 0.6) is 11.5 Å². The van der Waals surface area contributed by atoms with Gasteiger partial charge >= 0.3 is 12.4 Å². The molecular weight excluding hydrogens is 326 g/mol. The van der Waals surface area contributed by atoms with Gasteiger partial charge in [-0.3, -0.25) is 4.79 Å². The summed E-state index contributed by atoms with van der Waals surface area (Å²) in [6.45, 7) is 0. The van der Waals surface area contributed by atoms with Gasteiger partial charge in [0.1, 0.15) is 11.5 Å². The quantitative estimate of drug-likeness (QED) is 0.560. The van der Waals surface area contributed by atoms with E-state index < -0.39 is 34.8 Å². The molecule has 0 aliphatic heterocycles. The number of rotatable bonds is 3. The number of ether oxygens (including phenoxy) is 1. The van der Waals surface area contributed by atoms with Crippen molar-refractivity contribution < 1.29 is 35.9 Å². The summed E-state index contributed by atoms with van der Waals surface area (Å²) in [7, 11) is 0. The maximum absolute atomic E-state index is 12.9. The lowest BCUT2D eigenvalue weighted by Gasteiger charge is -2.17. The molecule has 0 radical (unpaired) electrons. The summed E-state index contributed by atoms with van der Waals surface area (Å²) >= 11 is 0. The van der Waals surface area contributed by atoms with Crippen LogP contribution in [-0.4, -0.2) is 6.29 Å². The van der Waals surface area contributed by atoms with Gasteiger partial charge in [-0.25, -0.2) is 0 Å². The maximum atomic E-state index is 12.9. The largest absolute Gasteiger partial charge is 0.457 e. The minimum atomic E-state index is -5.13. The lowest BCUT2D eigenvalue weighted by atomic mass is 10.0. The smallest absolute Gasteiger partial charge is 0.417 e. The first kappa shape index (κ1) is 16.9. The molecule has 0 aliphatic rings. The normalized spacial score (nSPS) is 12.1. The molecule has 2 rings (SSSR count). The molecule has 122 valence electrons. The molecule has 0 amide bonds. The molecule has 0 saturated carbocycles. The first-order valence-electron chi connectivity index (χ1n) is 6.13. The van der Waals surface area contributed by atoms with E-state index in [0.717, 1.165) is 0 Å². The number of benzene rings is 2. The number of aldehydes is 1. The standard InChI is InChI=1S/C15H8F6O2/c16-14(17,18)9-6-12(15(19,20)21)11(8-22)13(7-9)23-10-4-2-1-3-5-10/h1-8H. The van der Waals surface area contributed by atoms with Gasteiger partial charge in [-0.2, -0.15) is 26.3 Å². The Balaban J connectivity index is 2.65. The molecule has 0 aliphatic carbocycles. The molecule has 2 nitrogen and oxygen atoms in total. The SMILES string of the molecule is O=Cc1c(Oc2ccccc2)cc(C(F)(F)F)cc1C(F)(F)F. The molecule has 0 fully saturated rings. The summed E-state index contributed by atoms with van der Waals surface area (Å²) in [6, 6.07) is 7.47. The Morgan fingerprint density at radius 2 is 1.48 bits per heavy atom. The first-order chi connectivity index (χ1) is 10.6. The van der Waals surface area contributed by atoms with Crippen LogP contribution in [0.1, 0.15) is 21.5 Å². The van der Waals surface area contributed by atoms with Gasteiger partial charge < -0.3 is 4.74 Å². The van der Waals surface area contributed by atoms with Crippen LogP contribution in [0, 0.1) is 0 Å². The van der Waals surface area contributed by atoms with Gasteiger partial charge in [-0.05, 0) is 24.3 Å². The summed E-state index contributed by atoms with van der Waals surface area (Å²) in [5.41, 5.74) is -4.25. The molecule has 2 aromatic rings. The Kier molecular flexibility index (Phi) is 4.35. The molecule has 0 aromatic heterocycles. The van der Waals surface area contributed by atoms with Crippen molar-refractivity contribution >= 4 is 6.29 Å². The van der Waals surface area contributed by atoms with E-state index >= 15 is 0 Å². The van der Waals surface area contributed by atoms with Crippen molar-refractivity contribution in [3.05, 3.63) is 59.2 Å². The second-order valence-electron chi connectivity index (χ2n) is 4.46. The van der Waals surface area contributed by atoms with Crippen molar-refractivity contribution in [2.45, 2.75) is 12.4 Å². The number of carbonyl (C=O) groups excluding carboxylic acids is 1. The molecule has 0 bridgehead atoms. The molecular formula is C15H8F6O2. The predicted molar refractivity (Wildman–Crippen MR) is 68.3 cm³/mol. The average molecular weight is 334 g/mol. The second-order valence-corrected chi connectivity index (χ2v) is 4.46. The van der Waals surface area contributed by atoms with Crippen LogP contribution in [0.3, 0.4) is 0 Å². The highest BCUT2D eigenvalue weighted by Gasteiger charge is 2.40. The van der Waals surface area contributed by atoms with Crippen molar-refractivity contribution in [3.63, 3.8) is 0 Å². The zero-order valence-corrected chi connectivity index (χ0v) is 11.2. The van der Waals surface area contributed by atoms with E-state index in [2.05, 4.69) is 0 Å². The Morgan fingerprint density at radius 3 is 1.96 bits per heavy atom. The van der Waals surface area contributed by atoms with E-state index in [0.29, 0.717) is 6.07 Å². The Hall–Kier alpha value is -2.51. The summed E-state index contributed by atoms with van der Waals surface area (Å²) in [4.78, 5) is 11.0. The maximum Gasteiger partial charge on any atom is 0.417 e. The highest BCUT2D eigenvalue weighted by Crippen LogP contribution is 2.41. The number of hydrogen-bond acceptors (Lipinski definition) is 2. The van der Waals surface area contributed by atoms with Crippen molar-refractivity contribution in [1.82, 2.24) is 0 Å². The molecule has 0 N–H and O–H groups in total. The summed E-state index contributed by atoms with van der Waals surface area (Å²) < 4.78 is 82.3. The molecule has 0 atom stereocenters. The van der Waals surface area contributed by atoms with Gasteiger partial charge in [0.25, 0.3) is 0 Å². The van der Waals surface area contributed by atoms with Gasteiger partial charge in [0.05, 0.1) is 16.7 Å². The molecule has 0 saturated heterocycles. The molecule has 0 unspecified atom stereocenters. The highest BCUT2D eigenvalue weighted by atomic mass is 19.4. The monoisotopic (exact) mass is 334 g/mol. The van der Waals surface area contributed by atoms with Crippen LogP contribution < -0.4 is 4.74 Å². The third-order valence-electron chi connectivity index (χ3n) is 2.86. The Bertz CT molecular complexity index is 704. The van der Waals surface area contributed by atoms with Crippen molar-refractivity contribution in [3.8, 4) is 11.5 Å². The van der Waals surface area contributed by atoms with Gasteiger partial charge in [0.15, 0.2) is 6.29 Å².